The first kappa shape index (κ1) is 17.5. The lowest BCUT2D eigenvalue weighted by Crippen LogP contribution is -2.45. The summed E-state index contributed by atoms with van der Waals surface area (Å²) >= 11 is 0. The van der Waals surface area contributed by atoms with Crippen LogP contribution in [0.15, 0.2) is 23.0 Å². The predicted octanol–water partition coefficient (Wildman–Crippen LogP) is -0.552. The molecule has 0 saturated heterocycles. The Morgan fingerprint density at radius 1 is 1.17 bits per heavy atom. The van der Waals surface area contributed by atoms with Gasteiger partial charge in [0.05, 0.1) is 29.0 Å². The van der Waals surface area contributed by atoms with Crippen LogP contribution in [0.1, 0.15) is 22.3 Å². The maximum Gasteiger partial charge on any atom is 0.333 e. The summed E-state index contributed by atoms with van der Waals surface area (Å²) in [5, 5.41) is 11.5. The molecule has 10 heteroatoms. The molecule has 0 amide bonds. The van der Waals surface area contributed by atoms with E-state index in [0.717, 1.165) is 16.5 Å². The third-order valence-electron chi connectivity index (χ3n) is 6.13. The van der Waals surface area contributed by atoms with E-state index in [4.69, 9.17) is 24.9 Å². The van der Waals surface area contributed by atoms with E-state index in [0.29, 0.717) is 34.9 Å². The van der Waals surface area contributed by atoms with Gasteiger partial charge >= 0.3 is 5.97 Å². The van der Waals surface area contributed by atoms with Crippen molar-refractivity contribution in [3.63, 3.8) is 0 Å². The highest BCUT2D eigenvalue weighted by atomic mass is 16.7. The lowest BCUT2D eigenvalue weighted by molar-refractivity contribution is -0.162. The number of fused-ring (bicyclic) bond motifs is 6. The molecule has 0 radical (unpaired) electrons. The number of rotatable bonds is 1. The van der Waals surface area contributed by atoms with Crippen LogP contribution < -0.4 is 20.8 Å². The first-order chi connectivity index (χ1) is 14.4. The molecule has 1 aromatic carbocycles. The monoisotopic (exact) mass is 405 g/mol. The van der Waals surface area contributed by atoms with Crippen molar-refractivity contribution in [2.45, 2.75) is 25.2 Å². The average Bonchev–Trinajstić information content (AvgIpc) is 3.32. The fraction of sp³-hybridized carbons (Fsp3) is 0.250. The minimum atomic E-state index is -1.90. The lowest BCUT2D eigenvalue weighted by Gasteiger charge is -2.29. The molecule has 2 aromatic heterocycles. The van der Waals surface area contributed by atoms with Gasteiger partial charge in [-0.15, -0.1) is 0 Å². The first-order valence-corrected chi connectivity index (χ1v) is 9.52. The van der Waals surface area contributed by atoms with Gasteiger partial charge in [0.25, 0.3) is 5.56 Å². The van der Waals surface area contributed by atoms with Crippen molar-refractivity contribution in [2.75, 3.05) is 6.79 Å². The van der Waals surface area contributed by atoms with Crippen molar-refractivity contribution < 1.29 is 24.1 Å². The molecule has 0 saturated carbocycles. The molecule has 0 bridgehead atoms. The zero-order valence-corrected chi connectivity index (χ0v) is 16.0. The standard InChI is InChI=1S/C20H16BN3O6/c21-20(27)12-2-14-17-10(5-24(14)18(25)11(12)6-28-19(20)26)9(4-22)8-1-15-16(30-7-29-15)3-13(8)23-17/h1-3,27H,4-7,21-22H2/t20-/m0/s1. The van der Waals surface area contributed by atoms with E-state index >= 15 is 0 Å². The Kier molecular flexibility index (Phi) is 3.27. The number of hydrogen-bond donors (Lipinski definition) is 2. The number of hydrogen-bond acceptors (Lipinski definition) is 8. The van der Waals surface area contributed by atoms with Gasteiger partial charge in [0.15, 0.2) is 19.3 Å². The molecule has 30 heavy (non-hydrogen) atoms. The topological polar surface area (TPSA) is 126 Å². The maximum atomic E-state index is 13.2. The lowest BCUT2D eigenvalue weighted by atomic mass is 9.73. The largest absolute Gasteiger partial charge is 0.459 e. The normalized spacial score (nSPS) is 20.7. The molecule has 3 N–H and O–H groups in total. The highest BCUT2D eigenvalue weighted by Gasteiger charge is 2.42. The van der Waals surface area contributed by atoms with Crippen molar-refractivity contribution in [3.05, 3.63) is 50.8 Å². The number of aromatic nitrogens is 2. The molecule has 0 spiro atoms. The maximum absolute atomic E-state index is 13.2. The third-order valence-corrected chi connectivity index (χ3v) is 6.13. The summed E-state index contributed by atoms with van der Waals surface area (Å²) in [5.41, 5.74) is 7.95. The summed E-state index contributed by atoms with van der Waals surface area (Å²) in [6, 6.07) is 5.32. The van der Waals surface area contributed by atoms with Gasteiger partial charge in [-0.1, -0.05) is 0 Å². The average molecular weight is 405 g/mol. The van der Waals surface area contributed by atoms with E-state index in [2.05, 4.69) is 0 Å². The summed E-state index contributed by atoms with van der Waals surface area (Å²) in [7, 11) is 1.33. The van der Waals surface area contributed by atoms with Crippen molar-refractivity contribution in [3.8, 4) is 22.9 Å². The van der Waals surface area contributed by atoms with Crippen LogP contribution in [0.5, 0.6) is 11.5 Å². The van der Waals surface area contributed by atoms with Crippen molar-refractivity contribution >= 4 is 24.7 Å². The van der Waals surface area contributed by atoms with Crippen LogP contribution in [0.3, 0.4) is 0 Å². The van der Waals surface area contributed by atoms with Gasteiger partial charge in [-0.3, -0.25) is 4.79 Å². The van der Waals surface area contributed by atoms with Crippen LogP contribution >= 0.6 is 0 Å². The number of benzene rings is 1. The number of ether oxygens (including phenoxy) is 3. The molecule has 150 valence electrons. The molecule has 3 aliphatic rings. The molecule has 3 aliphatic heterocycles. The number of aliphatic hydroxyl groups is 1. The van der Waals surface area contributed by atoms with Gasteiger partial charge in [0.2, 0.25) is 6.79 Å². The van der Waals surface area contributed by atoms with Gasteiger partial charge < -0.3 is 29.6 Å². The van der Waals surface area contributed by atoms with Crippen LogP contribution in [0.4, 0.5) is 0 Å². The predicted molar refractivity (Wildman–Crippen MR) is 107 cm³/mol. The zero-order chi connectivity index (χ0) is 20.8. The summed E-state index contributed by atoms with van der Waals surface area (Å²) < 4.78 is 17.6. The minimum absolute atomic E-state index is 0.152. The van der Waals surface area contributed by atoms with Crippen molar-refractivity contribution in [2.24, 2.45) is 5.73 Å². The number of nitrogens with zero attached hydrogens (tertiary/aromatic N) is 2. The number of carbonyl (C=O) groups is 1. The van der Waals surface area contributed by atoms with E-state index in [-0.39, 0.29) is 36.6 Å². The molecule has 5 heterocycles. The highest BCUT2D eigenvalue weighted by Crippen LogP contribution is 2.42. The Balaban J connectivity index is 1.66. The fourth-order valence-corrected chi connectivity index (χ4v) is 4.54. The quantitative estimate of drug-likeness (QED) is 0.319. The summed E-state index contributed by atoms with van der Waals surface area (Å²) in [5.74, 6) is 0.456. The van der Waals surface area contributed by atoms with E-state index in [1.54, 1.807) is 16.7 Å². The zero-order valence-electron chi connectivity index (χ0n) is 16.0. The van der Waals surface area contributed by atoms with E-state index in [1.165, 1.54) is 7.85 Å². The SMILES string of the molecule is B[C@@]1(O)C(=O)OCc2c1cc1n(c2=O)Cc2c-1nc1cc3c(cc1c2CN)OCO3. The van der Waals surface area contributed by atoms with Gasteiger partial charge in [0.1, 0.15) is 12.1 Å². The molecule has 9 nitrogen and oxygen atoms in total. The van der Waals surface area contributed by atoms with Crippen molar-refractivity contribution in [1.82, 2.24) is 9.55 Å². The van der Waals surface area contributed by atoms with E-state index < -0.39 is 11.5 Å². The fourth-order valence-electron chi connectivity index (χ4n) is 4.54. The van der Waals surface area contributed by atoms with Gasteiger partial charge in [0, 0.05) is 23.6 Å². The number of carbonyl (C=O) groups excluding carboxylic acids is 1. The Bertz CT molecular complexity index is 1360. The van der Waals surface area contributed by atoms with E-state index in [1.807, 2.05) is 6.07 Å². The van der Waals surface area contributed by atoms with Gasteiger partial charge in [-0.05, 0) is 23.3 Å². The van der Waals surface area contributed by atoms with Crippen molar-refractivity contribution in [1.29, 1.82) is 0 Å². The number of cyclic esters (lactones) is 1. The molecule has 3 aromatic rings. The van der Waals surface area contributed by atoms with Crippen LogP contribution in [-0.4, -0.2) is 35.3 Å². The molecule has 0 aliphatic carbocycles. The number of esters is 1. The molecular weight excluding hydrogens is 389 g/mol. The Labute approximate surface area is 170 Å². The van der Waals surface area contributed by atoms with Gasteiger partial charge in [-0.25, -0.2) is 9.78 Å². The van der Waals surface area contributed by atoms with Crippen LogP contribution in [0.25, 0.3) is 22.3 Å². The summed E-state index contributed by atoms with van der Waals surface area (Å²) in [4.78, 5) is 30.1. The Hall–Kier alpha value is -3.37. The first-order valence-electron chi connectivity index (χ1n) is 9.52. The van der Waals surface area contributed by atoms with E-state index in [9.17, 15) is 14.7 Å². The molecule has 6 rings (SSSR count). The smallest absolute Gasteiger partial charge is 0.333 e. The second kappa shape index (κ2) is 5.62. The number of nitrogens with two attached hydrogens (primary N) is 1. The van der Waals surface area contributed by atoms with Gasteiger partial charge in [-0.2, -0.15) is 0 Å². The second-order valence-electron chi connectivity index (χ2n) is 7.81. The Morgan fingerprint density at radius 2 is 1.93 bits per heavy atom. The van der Waals surface area contributed by atoms with Crippen LogP contribution in [-0.2, 0) is 34.7 Å². The molecule has 1 atom stereocenters. The van der Waals surface area contributed by atoms with Crippen LogP contribution in [0.2, 0.25) is 0 Å². The minimum Gasteiger partial charge on any atom is -0.459 e. The highest BCUT2D eigenvalue weighted by molar-refractivity contribution is 6.26. The summed E-state index contributed by atoms with van der Waals surface area (Å²) in [6.45, 7) is 0.540. The summed E-state index contributed by atoms with van der Waals surface area (Å²) in [6.07, 6.45) is 0. The second-order valence-corrected chi connectivity index (χ2v) is 7.81. The number of pyridine rings is 2. The molecule has 0 fully saturated rings. The van der Waals surface area contributed by atoms with Crippen LogP contribution in [0, 0.1) is 0 Å². The Morgan fingerprint density at radius 3 is 2.70 bits per heavy atom. The molecular formula is C20H16BN3O6. The third kappa shape index (κ3) is 2.06. The molecule has 0 unspecified atom stereocenters.